The van der Waals surface area contributed by atoms with Crippen molar-refractivity contribution in [1.29, 1.82) is 0 Å². The molecule has 16 rings (SSSR count). The van der Waals surface area contributed by atoms with E-state index >= 15 is 0 Å². The Bertz CT molecular complexity index is 6330. The number of aryl methyl sites for hydroxylation is 8. The molecule has 0 fully saturated rings. The van der Waals surface area contributed by atoms with Gasteiger partial charge in [-0.05, 0) is 206 Å². The Labute approximate surface area is 670 Å². The van der Waals surface area contributed by atoms with Crippen molar-refractivity contribution < 1.29 is 18.3 Å². The first-order chi connectivity index (χ1) is 52.9. The van der Waals surface area contributed by atoms with Gasteiger partial charge in [0.1, 0.15) is 22.1 Å². The van der Waals surface area contributed by atoms with Crippen molar-refractivity contribution in [3.8, 4) is 0 Å². The van der Waals surface area contributed by atoms with Crippen LogP contribution in [0.4, 0.5) is 23.3 Å². The maximum Gasteiger partial charge on any atom is 0.406 e. The molecule has 4 aliphatic heterocycles. The van der Waals surface area contributed by atoms with Crippen molar-refractivity contribution in [1.82, 2.24) is 0 Å². The lowest BCUT2D eigenvalue weighted by atomic mass is 9.47. The van der Waals surface area contributed by atoms with E-state index in [9.17, 15) is 0 Å². The largest absolute Gasteiger partial charge is 0.406 e. The van der Waals surface area contributed by atoms with E-state index < -0.39 is 0 Å². The third-order valence-corrected chi connectivity index (χ3v) is 24.8. The highest BCUT2D eigenvalue weighted by Crippen LogP contribution is 2.39. The maximum absolute atomic E-state index is 2.54. The standard InChI is InChI=1S/C26H32BN2.2C25H30BN2.C24H28BN2/c1-17-12-11-15-22-24(17)18(2)16-23(28(22)8)29-19(3)20-13-9-10-14-21(20)25(27(29)7)26(4,5)6;1-17-16-23(27(7)22-15-11-10-12-19(17)22)28-18(2)20-13-8-9-14-21(20)24(26(28)6)25(3,4)5;1-17-11-10-14-22-19(17)15-16-23(27(22)7)28-18(2)20-12-8-9-13-21(20)24(26(28)6)25(3,4)5;1-17-19-12-8-9-13-20(19)23(24(2,3)4)25(5)27(17)22-16-15-18-11-7-10-14-21(18)26(22)6/h9-16H,1-8H3;2*8-16H,1-7H3;7-16H,1-6H3/q4*+1. The average Bonchev–Trinajstić information content (AvgIpc) is 0.738. The van der Waals surface area contributed by atoms with Crippen LogP contribution in [0.5, 0.6) is 0 Å². The zero-order chi connectivity index (χ0) is 80.9. The smallest absolute Gasteiger partial charge is 0.290 e. The van der Waals surface area contributed by atoms with Gasteiger partial charge in [0.05, 0.1) is 51.0 Å². The highest BCUT2D eigenvalue weighted by molar-refractivity contribution is 6.83. The van der Waals surface area contributed by atoms with Gasteiger partial charge in [0.15, 0.2) is 0 Å². The van der Waals surface area contributed by atoms with Crippen LogP contribution in [0.15, 0.2) is 218 Å². The normalized spacial score (nSPS) is 14.7. The van der Waals surface area contributed by atoms with E-state index in [1.165, 1.54) is 176 Å². The van der Waals surface area contributed by atoms with Gasteiger partial charge in [-0.2, -0.15) is 0 Å². The third-order valence-electron chi connectivity index (χ3n) is 24.8. The molecule has 0 N–H and O–H groups in total. The van der Waals surface area contributed by atoms with Crippen LogP contribution in [0.25, 0.3) is 88.3 Å². The summed E-state index contributed by atoms with van der Waals surface area (Å²) in [6.07, 6.45) is 0. The fourth-order valence-electron chi connectivity index (χ4n) is 20.2. The quantitative estimate of drug-likeness (QED) is 0.130. The fourth-order valence-corrected chi connectivity index (χ4v) is 20.2. The van der Waals surface area contributed by atoms with E-state index in [4.69, 9.17) is 0 Å². The predicted octanol–water partition coefficient (Wildman–Crippen LogP) is 15.9. The zero-order valence-corrected chi connectivity index (χ0v) is 72.7. The van der Waals surface area contributed by atoms with Crippen molar-refractivity contribution in [2.24, 2.45) is 49.9 Å². The molecule has 0 atom stereocenters. The summed E-state index contributed by atoms with van der Waals surface area (Å²) in [6.45, 7) is 56.5. The number of anilines is 4. The van der Waals surface area contributed by atoms with Crippen LogP contribution in [0.3, 0.4) is 0 Å². The molecule has 4 aromatic heterocycles. The Hall–Kier alpha value is -10.2. The van der Waals surface area contributed by atoms with E-state index in [0.29, 0.717) is 20.5 Å². The lowest BCUT2D eigenvalue weighted by Gasteiger charge is -2.34. The molecule has 12 aromatic rings. The molecule has 0 saturated carbocycles. The molecule has 0 unspecified atom stereocenters. The molecule has 0 amide bonds. The molecule has 0 spiro atoms. The van der Waals surface area contributed by atoms with Crippen LogP contribution in [0.1, 0.15) is 133 Å². The molecule has 112 heavy (non-hydrogen) atoms. The Kier molecular flexibility index (Phi) is 21.7. The van der Waals surface area contributed by atoms with Crippen molar-refractivity contribution in [3.05, 3.63) is 282 Å². The van der Waals surface area contributed by atoms with Gasteiger partial charge < -0.3 is 0 Å². The van der Waals surface area contributed by atoms with Crippen molar-refractivity contribution in [2.75, 3.05) is 19.2 Å². The number of aromatic nitrogens is 4. The zero-order valence-electron chi connectivity index (χ0n) is 72.7. The van der Waals surface area contributed by atoms with Gasteiger partial charge in [-0.3, -0.25) is 19.2 Å². The van der Waals surface area contributed by atoms with Gasteiger partial charge >= 0.3 is 27.4 Å². The highest BCUT2D eigenvalue weighted by Gasteiger charge is 2.46. The summed E-state index contributed by atoms with van der Waals surface area (Å²) in [5.74, 6) is 4.97. The van der Waals surface area contributed by atoms with Gasteiger partial charge in [0.2, 0.25) is 0 Å². The van der Waals surface area contributed by atoms with Crippen LogP contribution >= 0.6 is 0 Å². The first kappa shape index (κ1) is 79.9. The molecule has 0 aliphatic carbocycles. The van der Waals surface area contributed by atoms with E-state index in [1.807, 2.05) is 0 Å². The van der Waals surface area contributed by atoms with Gasteiger partial charge in [-0.1, -0.05) is 241 Å². The van der Waals surface area contributed by atoms with Crippen LogP contribution in [-0.2, 0) is 28.2 Å². The molecule has 12 heteroatoms. The summed E-state index contributed by atoms with van der Waals surface area (Å²) in [7, 11) is 8.76. The highest BCUT2D eigenvalue weighted by atomic mass is 15.2. The van der Waals surface area contributed by atoms with Gasteiger partial charge in [0, 0.05) is 66.7 Å². The monoisotopic (exact) mass is 1480 g/mol. The van der Waals surface area contributed by atoms with Crippen LogP contribution < -0.4 is 79.3 Å². The maximum atomic E-state index is 2.54. The number of fused-ring (bicyclic) bond motifs is 8. The van der Waals surface area contributed by atoms with E-state index in [1.54, 1.807) is 0 Å². The molecule has 4 aliphatic rings. The van der Waals surface area contributed by atoms with Crippen LogP contribution in [0.2, 0.25) is 27.3 Å². The Morgan fingerprint density at radius 2 is 0.518 bits per heavy atom. The topological polar surface area (TPSA) is 28.5 Å². The summed E-state index contributed by atoms with van der Waals surface area (Å²) >= 11 is 0. The number of rotatable bonds is 4. The number of nitrogens with zero attached hydrogens (tertiary/aromatic N) is 8. The summed E-state index contributed by atoms with van der Waals surface area (Å²) in [5.41, 5.74) is 22.1. The second-order valence-electron chi connectivity index (χ2n) is 36.4. The number of para-hydroxylation sites is 2. The second kappa shape index (κ2) is 30.4. The minimum Gasteiger partial charge on any atom is -0.290 e. The van der Waals surface area contributed by atoms with Gasteiger partial charge in [0.25, 0.3) is 23.3 Å². The van der Waals surface area contributed by atoms with Crippen molar-refractivity contribution >= 4 is 139 Å². The number of hydrogen-bond acceptors (Lipinski definition) is 4. The molecule has 8 aromatic carbocycles. The molecule has 8 nitrogen and oxygen atoms in total. The lowest BCUT2D eigenvalue weighted by Crippen LogP contribution is -2.55. The second-order valence-corrected chi connectivity index (χ2v) is 36.4. The Morgan fingerprint density at radius 3 is 0.920 bits per heavy atom. The summed E-state index contributed by atoms with van der Waals surface area (Å²) in [4.78, 5) is 10.1. The molecule has 0 radical (unpaired) electrons. The first-order valence-corrected chi connectivity index (χ1v) is 40.8. The predicted molar refractivity (Wildman–Crippen MR) is 486 cm³/mol. The third kappa shape index (κ3) is 14.2. The van der Waals surface area contributed by atoms with E-state index in [-0.39, 0.29) is 28.5 Å². The molecule has 8 heterocycles. The number of benzene rings is 8. The Balaban J connectivity index is 0.000000131. The molecule has 0 bridgehead atoms. The van der Waals surface area contributed by atoms with Gasteiger partial charge in [-0.15, -0.1) is 0 Å². The van der Waals surface area contributed by atoms with Gasteiger partial charge in [-0.25, -0.2) is 18.3 Å². The summed E-state index contributed by atoms with van der Waals surface area (Å²) < 4.78 is 9.38. The summed E-state index contributed by atoms with van der Waals surface area (Å²) in [6, 6.07) is 79.7. The average molecular weight is 1480 g/mol. The van der Waals surface area contributed by atoms with Crippen molar-refractivity contribution in [2.45, 2.75) is 166 Å². The number of pyridine rings is 4. The fraction of sp³-hybridized carbons (Fsp3) is 0.320. The molecular formula is C100H120B4N8+4. The molecule has 0 saturated heterocycles. The SMILES string of the molecule is CB1C(C(C)(C)C)=c2ccccc2=C(C)N1c1cc(C)c2c(C)cccc2[n+]1C.CB1C(C(C)(C)C)=c2ccccc2=C(C)N1c1cc(C)c2ccccc2[n+]1C.CB1C(C(C)(C)C)=c2ccccc2=C(C)N1c1ccc2c(C)cccc2[n+]1C.CB1C(C(C)(C)C)=c2ccccc2=C(C)N1c1ccc2ccccc2[n+]1C. The summed E-state index contributed by atoms with van der Waals surface area (Å²) in [5, 5.41) is 16.2. The first-order valence-electron chi connectivity index (χ1n) is 40.8. The molecule has 568 valence electrons. The Morgan fingerprint density at radius 1 is 0.241 bits per heavy atom. The van der Waals surface area contributed by atoms with E-state index in [0.717, 1.165) is 0 Å². The number of hydrogen-bond donors (Lipinski definition) is 0. The molecular weight excluding hydrogens is 1360 g/mol. The van der Waals surface area contributed by atoms with Crippen LogP contribution in [0, 0.1) is 49.4 Å². The minimum atomic E-state index is 0.0928. The lowest BCUT2D eigenvalue weighted by molar-refractivity contribution is -0.631. The van der Waals surface area contributed by atoms with Crippen molar-refractivity contribution in [3.63, 3.8) is 0 Å². The van der Waals surface area contributed by atoms with Crippen LogP contribution in [-0.4, -0.2) is 27.4 Å². The van der Waals surface area contributed by atoms with E-state index in [2.05, 4.69) is 450 Å². The minimum absolute atomic E-state index is 0.0928.